The highest BCUT2D eigenvalue weighted by Gasteiger charge is 2.48. The fourth-order valence-electron chi connectivity index (χ4n) is 2.35. The molecule has 1 N–H and O–H groups in total. The second kappa shape index (κ2) is 5.84. The molecule has 0 saturated heterocycles. The second-order valence-corrected chi connectivity index (χ2v) is 6.83. The zero-order valence-electron chi connectivity index (χ0n) is 11.2. The normalized spacial score (nSPS) is 16.6. The van der Waals surface area contributed by atoms with Crippen LogP contribution in [0.5, 0.6) is 0 Å². The Labute approximate surface area is 121 Å². The molecule has 1 saturated carbocycles. The molecule has 0 aromatic heterocycles. The molecule has 1 aliphatic carbocycles. The Balaban J connectivity index is 2.49. The van der Waals surface area contributed by atoms with E-state index in [1.165, 1.54) is 18.2 Å². The standard InChI is InChI=1S/C13H16F3NO3S/c14-13(15,16)21(19,20)12-7-2-1-6-11(12)17(8-9-18)10-4-3-5-10/h1-2,6-7,10,18H,3-5,8-9H2. The van der Waals surface area contributed by atoms with Crippen LogP contribution in [-0.4, -0.2) is 38.2 Å². The summed E-state index contributed by atoms with van der Waals surface area (Å²) in [5.41, 5.74) is -5.33. The topological polar surface area (TPSA) is 57.6 Å². The minimum absolute atomic E-state index is 0.00794. The van der Waals surface area contributed by atoms with Crippen LogP contribution >= 0.6 is 0 Å². The lowest BCUT2D eigenvalue weighted by Gasteiger charge is -2.39. The van der Waals surface area contributed by atoms with E-state index in [0.717, 1.165) is 25.3 Å². The monoisotopic (exact) mass is 323 g/mol. The first-order valence-corrected chi connectivity index (χ1v) is 8.05. The second-order valence-electron chi connectivity index (χ2n) is 4.92. The van der Waals surface area contributed by atoms with Gasteiger partial charge in [0, 0.05) is 12.6 Å². The van der Waals surface area contributed by atoms with Crippen LogP contribution in [0.25, 0.3) is 0 Å². The van der Waals surface area contributed by atoms with E-state index >= 15 is 0 Å². The maximum absolute atomic E-state index is 12.8. The highest BCUT2D eigenvalue weighted by molar-refractivity contribution is 7.92. The Bertz CT molecular complexity index is 597. The van der Waals surface area contributed by atoms with E-state index in [4.69, 9.17) is 5.11 Å². The Kier molecular flexibility index (Phi) is 4.48. The molecule has 0 unspecified atom stereocenters. The highest BCUT2D eigenvalue weighted by atomic mass is 32.2. The van der Waals surface area contributed by atoms with E-state index < -0.39 is 20.2 Å². The molecule has 1 aromatic carbocycles. The first-order chi connectivity index (χ1) is 9.79. The van der Waals surface area contributed by atoms with Crippen LogP contribution in [-0.2, 0) is 9.84 Å². The lowest BCUT2D eigenvalue weighted by atomic mass is 9.91. The van der Waals surface area contributed by atoms with Gasteiger partial charge in [0.1, 0.15) is 0 Å². The molecule has 0 heterocycles. The molecule has 1 aliphatic rings. The van der Waals surface area contributed by atoms with Gasteiger partial charge in [0.2, 0.25) is 0 Å². The van der Waals surface area contributed by atoms with Crippen molar-refractivity contribution in [3.63, 3.8) is 0 Å². The average Bonchev–Trinajstić information content (AvgIpc) is 2.35. The van der Waals surface area contributed by atoms with Gasteiger partial charge in [-0.3, -0.25) is 0 Å². The minimum atomic E-state index is -5.41. The van der Waals surface area contributed by atoms with Gasteiger partial charge >= 0.3 is 5.51 Å². The van der Waals surface area contributed by atoms with Gasteiger partial charge in [0.25, 0.3) is 9.84 Å². The smallest absolute Gasteiger partial charge is 0.395 e. The molecule has 0 spiro atoms. The third-order valence-corrected chi connectivity index (χ3v) is 5.16. The number of para-hydroxylation sites is 1. The van der Waals surface area contributed by atoms with Crippen LogP contribution in [0, 0.1) is 0 Å². The Hall–Kier alpha value is -1.28. The average molecular weight is 323 g/mol. The van der Waals surface area contributed by atoms with Crippen molar-refractivity contribution in [2.75, 3.05) is 18.1 Å². The van der Waals surface area contributed by atoms with Crippen molar-refractivity contribution in [1.29, 1.82) is 0 Å². The SMILES string of the molecule is O=S(=O)(c1ccccc1N(CCO)C1CCC1)C(F)(F)F. The van der Waals surface area contributed by atoms with Crippen LogP contribution < -0.4 is 4.90 Å². The van der Waals surface area contributed by atoms with Crippen LogP contribution in [0.1, 0.15) is 19.3 Å². The molecule has 118 valence electrons. The molecule has 0 amide bonds. The summed E-state index contributed by atoms with van der Waals surface area (Å²) in [6, 6.07) is 5.04. The van der Waals surface area contributed by atoms with Crippen molar-refractivity contribution in [3.8, 4) is 0 Å². The summed E-state index contributed by atoms with van der Waals surface area (Å²) in [5, 5.41) is 9.11. The van der Waals surface area contributed by atoms with Crippen LogP contribution in [0.3, 0.4) is 0 Å². The minimum Gasteiger partial charge on any atom is -0.395 e. The van der Waals surface area contributed by atoms with E-state index in [-0.39, 0.29) is 24.9 Å². The van der Waals surface area contributed by atoms with E-state index in [0.29, 0.717) is 0 Å². The van der Waals surface area contributed by atoms with E-state index in [1.54, 1.807) is 4.90 Å². The maximum atomic E-state index is 12.8. The largest absolute Gasteiger partial charge is 0.501 e. The molecule has 1 aromatic rings. The molecule has 0 bridgehead atoms. The molecular weight excluding hydrogens is 307 g/mol. The van der Waals surface area contributed by atoms with Gasteiger partial charge in [-0.25, -0.2) is 8.42 Å². The van der Waals surface area contributed by atoms with E-state index in [9.17, 15) is 21.6 Å². The first kappa shape index (κ1) is 16.1. The Morgan fingerprint density at radius 1 is 1.24 bits per heavy atom. The van der Waals surface area contributed by atoms with E-state index in [2.05, 4.69) is 0 Å². The number of rotatable bonds is 5. The lowest BCUT2D eigenvalue weighted by Crippen LogP contribution is -2.43. The van der Waals surface area contributed by atoms with Crippen molar-refractivity contribution >= 4 is 15.5 Å². The predicted octanol–water partition coefficient (Wildman–Crippen LogP) is 2.33. The van der Waals surface area contributed by atoms with Crippen molar-refractivity contribution in [1.82, 2.24) is 0 Å². The molecule has 2 rings (SSSR count). The Morgan fingerprint density at radius 2 is 1.86 bits per heavy atom. The van der Waals surface area contributed by atoms with Crippen molar-refractivity contribution in [2.24, 2.45) is 0 Å². The number of alkyl halides is 3. The summed E-state index contributed by atoms with van der Waals surface area (Å²) < 4.78 is 61.8. The van der Waals surface area contributed by atoms with Crippen LogP contribution in [0.2, 0.25) is 0 Å². The predicted molar refractivity (Wildman–Crippen MR) is 71.8 cm³/mol. The van der Waals surface area contributed by atoms with Crippen LogP contribution in [0.4, 0.5) is 18.9 Å². The van der Waals surface area contributed by atoms with Gasteiger partial charge in [-0.2, -0.15) is 13.2 Å². The summed E-state index contributed by atoms with van der Waals surface area (Å²) in [7, 11) is -5.41. The number of halogens is 3. The van der Waals surface area contributed by atoms with Gasteiger partial charge in [-0.1, -0.05) is 12.1 Å². The van der Waals surface area contributed by atoms with E-state index in [1.807, 2.05) is 0 Å². The van der Waals surface area contributed by atoms with Gasteiger partial charge in [0.15, 0.2) is 0 Å². The van der Waals surface area contributed by atoms with Crippen molar-refractivity contribution in [2.45, 2.75) is 35.7 Å². The summed E-state index contributed by atoms with van der Waals surface area (Å²) >= 11 is 0. The number of anilines is 1. The lowest BCUT2D eigenvalue weighted by molar-refractivity contribution is -0.0435. The number of sulfone groups is 1. The number of hydrogen-bond acceptors (Lipinski definition) is 4. The summed E-state index contributed by atoms with van der Waals surface area (Å²) in [6.45, 7) is -0.147. The molecule has 4 nitrogen and oxygen atoms in total. The maximum Gasteiger partial charge on any atom is 0.501 e. The molecular formula is C13H16F3NO3S. The number of aliphatic hydroxyl groups excluding tert-OH is 1. The third kappa shape index (κ3) is 3.01. The molecule has 0 atom stereocenters. The quantitative estimate of drug-likeness (QED) is 0.903. The molecule has 21 heavy (non-hydrogen) atoms. The molecule has 8 heteroatoms. The fraction of sp³-hybridized carbons (Fsp3) is 0.538. The molecule has 1 fully saturated rings. The fourth-order valence-corrected chi connectivity index (χ4v) is 3.32. The van der Waals surface area contributed by atoms with Crippen LogP contribution in [0.15, 0.2) is 29.2 Å². The van der Waals surface area contributed by atoms with Crippen molar-refractivity contribution in [3.05, 3.63) is 24.3 Å². The summed E-state index contributed by atoms with van der Waals surface area (Å²) in [6.07, 6.45) is 2.50. The van der Waals surface area contributed by atoms with Gasteiger partial charge in [-0.05, 0) is 31.4 Å². The third-order valence-electron chi connectivity index (χ3n) is 3.63. The first-order valence-electron chi connectivity index (χ1n) is 6.57. The molecule has 0 aliphatic heterocycles. The highest BCUT2D eigenvalue weighted by Crippen LogP contribution is 2.38. The summed E-state index contributed by atoms with van der Waals surface area (Å²) in [4.78, 5) is 0.806. The van der Waals surface area contributed by atoms with Gasteiger partial charge < -0.3 is 10.0 Å². The Morgan fingerprint density at radius 3 is 2.33 bits per heavy atom. The van der Waals surface area contributed by atoms with Crippen molar-refractivity contribution < 1.29 is 26.7 Å². The molecule has 0 radical (unpaired) electrons. The summed E-state index contributed by atoms with van der Waals surface area (Å²) in [5.74, 6) is 0. The number of benzene rings is 1. The van der Waals surface area contributed by atoms with Gasteiger partial charge in [0.05, 0.1) is 17.2 Å². The number of aliphatic hydroxyl groups is 1. The zero-order chi connectivity index (χ0) is 15.7. The number of nitrogens with zero attached hydrogens (tertiary/aromatic N) is 1. The zero-order valence-corrected chi connectivity index (χ0v) is 12.0. The number of hydrogen-bond donors (Lipinski definition) is 1. The van der Waals surface area contributed by atoms with Gasteiger partial charge in [-0.15, -0.1) is 0 Å².